The first-order chi connectivity index (χ1) is 8.81. The Kier molecular flexibility index (Phi) is 5.02. The molecule has 18 heavy (non-hydrogen) atoms. The molecule has 1 aliphatic rings. The molecule has 0 bridgehead atoms. The number of ether oxygens (including phenoxy) is 1. The molecule has 0 radical (unpaired) electrons. The number of nitrogens with zero attached hydrogens (tertiary/aromatic N) is 1. The summed E-state index contributed by atoms with van der Waals surface area (Å²) in [5.74, 6) is 0.0498. The number of carbonyl (C=O) groups excluding carboxylic acids is 1. The number of halogens is 1. The minimum atomic E-state index is 0.00287. The van der Waals surface area contributed by atoms with Crippen molar-refractivity contribution < 1.29 is 9.53 Å². The third kappa shape index (κ3) is 3.47. The molecule has 1 fully saturated rings. The fourth-order valence-electron chi connectivity index (χ4n) is 2.25. The maximum absolute atomic E-state index is 11.9. The molecule has 1 saturated heterocycles. The van der Waals surface area contributed by atoms with Crippen LogP contribution in [0.3, 0.4) is 0 Å². The van der Waals surface area contributed by atoms with Crippen LogP contribution in [0.5, 0.6) is 0 Å². The van der Waals surface area contributed by atoms with E-state index < -0.39 is 0 Å². The van der Waals surface area contributed by atoms with Gasteiger partial charge < -0.3 is 9.64 Å². The Morgan fingerprint density at radius 3 is 2.78 bits per heavy atom. The molecule has 1 atom stereocenters. The molecule has 1 aromatic carbocycles. The molecule has 3 nitrogen and oxygen atoms in total. The Bertz CT molecular complexity index is 377. The van der Waals surface area contributed by atoms with Gasteiger partial charge in [0.2, 0.25) is 5.91 Å². The first-order valence-corrected chi connectivity index (χ1v) is 6.82. The second-order valence-corrected chi connectivity index (χ2v) is 4.74. The van der Waals surface area contributed by atoms with Crippen molar-refractivity contribution >= 4 is 17.5 Å². The summed E-state index contributed by atoms with van der Waals surface area (Å²) in [5, 5.41) is 0. The van der Waals surface area contributed by atoms with Crippen LogP contribution in [0.2, 0.25) is 0 Å². The van der Waals surface area contributed by atoms with Gasteiger partial charge in [-0.05, 0) is 18.4 Å². The summed E-state index contributed by atoms with van der Waals surface area (Å²) < 4.78 is 5.35. The predicted octanol–water partition coefficient (Wildman–Crippen LogP) is 2.09. The molecule has 98 valence electrons. The first kappa shape index (κ1) is 13.4. The molecule has 0 aliphatic carbocycles. The van der Waals surface area contributed by atoms with Gasteiger partial charge in [0.15, 0.2) is 0 Å². The summed E-state index contributed by atoms with van der Waals surface area (Å²) in [6.45, 7) is 2.09. The fraction of sp³-hybridized carbons (Fsp3) is 0.500. The van der Waals surface area contributed by atoms with Crippen molar-refractivity contribution in [3.05, 3.63) is 35.9 Å². The molecule has 0 aromatic heterocycles. The highest BCUT2D eigenvalue weighted by molar-refractivity contribution is 6.27. The molecule has 4 heteroatoms. The number of alkyl halides is 1. The Labute approximate surface area is 113 Å². The fourth-order valence-corrected chi connectivity index (χ4v) is 2.40. The van der Waals surface area contributed by atoms with E-state index in [2.05, 4.69) is 12.1 Å². The second-order valence-electron chi connectivity index (χ2n) is 4.47. The largest absolute Gasteiger partial charge is 0.379 e. The smallest absolute Gasteiger partial charge is 0.237 e. The number of rotatable bonds is 5. The van der Waals surface area contributed by atoms with Crippen LogP contribution in [0.4, 0.5) is 0 Å². The Morgan fingerprint density at radius 1 is 1.39 bits per heavy atom. The van der Waals surface area contributed by atoms with Crippen molar-refractivity contribution in [1.29, 1.82) is 0 Å². The van der Waals surface area contributed by atoms with Gasteiger partial charge in [0, 0.05) is 13.2 Å². The average molecular weight is 268 g/mol. The lowest BCUT2D eigenvalue weighted by Crippen LogP contribution is -2.42. The molecule has 0 N–H and O–H groups in total. The van der Waals surface area contributed by atoms with Gasteiger partial charge in [-0.2, -0.15) is 0 Å². The van der Waals surface area contributed by atoms with Crippen LogP contribution >= 0.6 is 11.6 Å². The third-order valence-corrected chi connectivity index (χ3v) is 3.49. The topological polar surface area (TPSA) is 29.5 Å². The molecule has 1 amide bonds. The van der Waals surface area contributed by atoms with Crippen LogP contribution in [0.15, 0.2) is 30.3 Å². The number of benzene rings is 1. The number of hydrogen-bond acceptors (Lipinski definition) is 2. The highest BCUT2D eigenvalue weighted by atomic mass is 35.5. The van der Waals surface area contributed by atoms with E-state index in [4.69, 9.17) is 16.3 Å². The van der Waals surface area contributed by atoms with Gasteiger partial charge in [0.05, 0.1) is 12.6 Å². The van der Waals surface area contributed by atoms with E-state index in [1.807, 2.05) is 23.1 Å². The summed E-state index contributed by atoms with van der Waals surface area (Å²) in [4.78, 5) is 13.7. The van der Waals surface area contributed by atoms with Gasteiger partial charge in [0.25, 0.3) is 0 Å². The number of hydrogen-bond donors (Lipinski definition) is 0. The molecule has 1 heterocycles. The van der Waals surface area contributed by atoms with Gasteiger partial charge in [-0.15, -0.1) is 11.6 Å². The monoisotopic (exact) mass is 267 g/mol. The maximum Gasteiger partial charge on any atom is 0.237 e. The van der Waals surface area contributed by atoms with Gasteiger partial charge in [0.1, 0.15) is 5.88 Å². The van der Waals surface area contributed by atoms with Gasteiger partial charge in [-0.1, -0.05) is 30.3 Å². The molecule has 1 aromatic rings. The minimum Gasteiger partial charge on any atom is -0.379 e. The normalized spacial score (nSPS) is 18.8. The van der Waals surface area contributed by atoms with Crippen LogP contribution in [0.25, 0.3) is 0 Å². The first-order valence-electron chi connectivity index (χ1n) is 6.28. The highest BCUT2D eigenvalue weighted by Gasteiger charge is 2.26. The van der Waals surface area contributed by atoms with Crippen LogP contribution in [-0.4, -0.2) is 42.5 Å². The van der Waals surface area contributed by atoms with Crippen molar-refractivity contribution in [3.63, 3.8) is 0 Å². The zero-order valence-corrected chi connectivity index (χ0v) is 11.1. The highest BCUT2D eigenvalue weighted by Crippen LogP contribution is 2.14. The van der Waals surface area contributed by atoms with Crippen LogP contribution in [0.1, 0.15) is 12.0 Å². The lowest BCUT2D eigenvalue weighted by molar-refractivity contribution is -0.130. The minimum absolute atomic E-state index is 0.00287. The van der Waals surface area contributed by atoms with Gasteiger partial charge in [-0.25, -0.2) is 0 Å². The second kappa shape index (κ2) is 6.76. The van der Waals surface area contributed by atoms with Gasteiger partial charge in [-0.3, -0.25) is 4.79 Å². The Hall–Kier alpha value is -1.06. The predicted molar refractivity (Wildman–Crippen MR) is 71.8 cm³/mol. The summed E-state index contributed by atoms with van der Waals surface area (Å²) in [5.41, 5.74) is 1.24. The van der Waals surface area contributed by atoms with E-state index in [0.29, 0.717) is 13.2 Å². The number of carbonyl (C=O) groups is 1. The van der Waals surface area contributed by atoms with Gasteiger partial charge >= 0.3 is 0 Å². The van der Waals surface area contributed by atoms with Crippen LogP contribution in [0, 0.1) is 0 Å². The van der Waals surface area contributed by atoms with Crippen molar-refractivity contribution in [2.24, 2.45) is 0 Å². The maximum atomic E-state index is 11.9. The summed E-state index contributed by atoms with van der Waals surface area (Å²) >= 11 is 5.67. The zero-order chi connectivity index (χ0) is 12.8. The molecule has 0 saturated carbocycles. The van der Waals surface area contributed by atoms with E-state index in [1.165, 1.54) is 5.56 Å². The average Bonchev–Trinajstić information content (AvgIpc) is 2.94. The molecular formula is C14H18ClNO2. The van der Waals surface area contributed by atoms with E-state index >= 15 is 0 Å². The number of amides is 1. The lowest BCUT2D eigenvalue weighted by Gasteiger charge is -2.27. The van der Waals surface area contributed by atoms with Crippen LogP contribution < -0.4 is 0 Å². The summed E-state index contributed by atoms with van der Waals surface area (Å²) in [7, 11) is 0. The van der Waals surface area contributed by atoms with E-state index in [-0.39, 0.29) is 17.8 Å². The van der Waals surface area contributed by atoms with Crippen molar-refractivity contribution in [2.45, 2.75) is 18.9 Å². The van der Waals surface area contributed by atoms with E-state index in [9.17, 15) is 4.79 Å². The van der Waals surface area contributed by atoms with Crippen LogP contribution in [-0.2, 0) is 16.0 Å². The standard InChI is InChI=1S/C14H18ClNO2/c15-10-14(17)16(13-7-9-18-11-13)8-6-12-4-2-1-3-5-12/h1-5,13H,6-11H2. The Balaban J connectivity index is 1.94. The quantitative estimate of drug-likeness (QED) is 0.765. The van der Waals surface area contributed by atoms with E-state index in [1.54, 1.807) is 0 Å². The van der Waals surface area contributed by atoms with E-state index in [0.717, 1.165) is 19.4 Å². The van der Waals surface area contributed by atoms with Crippen molar-refractivity contribution in [1.82, 2.24) is 4.90 Å². The molecular weight excluding hydrogens is 250 g/mol. The lowest BCUT2D eigenvalue weighted by atomic mass is 10.1. The third-order valence-electron chi connectivity index (χ3n) is 3.27. The molecule has 1 aliphatic heterocycles. The van der Waals surface area contributed by atoms with Crippen molar-refractivity contribution in [2.75, 3.05) is 25.6 Å². The Morgan fingerprint density at radius 2 is 2.17 bits per heavy atom. The molecule has 2 rings (SSSR count). The molecule has 1 unspecified atom stereocenters. The summed E-state index contributed by atoms with van der Waals surface area (Å²) in [6.07, 6.45) is 1.78. The SMILES string of the molecule is O=C(CCl)N(CCc1ccccc1)C1CCOC1. The van der Waals surface area contributed by atoms with Crippen molar-refractivity contribution in [3.8, 4) is 0 Å². The zero-order valence-electron chi connectivity index (χ0n) is 10.3. The summed E-state index contributed by atoms with van der Waals surface area (Å²) in [6, 6.07) is 10.4. The molecule has 0 spiro atoms.